The van der Waals surface area contributed by atoms with E-state index in [1.807, 2.05) is 44.2 Å². The predicted molar refractivity (Wildman–Crippen MR) is 95.9 cm³/mol. The maximum absolute atomic E-state index is 12.8. The quantitative estimate of drug-likeness (QED) is 0.847. The number of amides is 1. The normalized spacial score (nSPS) is 20.9. The molecule has 1 amide bonds. The van der Waals surface area contributed by atoms with Crippen molar-refractivity contribution in [2.24, 2.45) is 0 Å². The zero-order valence-electron chi connectivity index (χ0n) is 14.9. The molecule has 0 spiro atoms. The van der Waals surface area contributed by atoms with Gasteiger partial charge in [0.05, 0.1) is 6.54 Å². The van der Waals surface area contributed by atoms with Gasteiger partial charge in [-0.15, -0.1) is 0 Å². The Kier molecular flexibility index (Phi) is 5.25. The number of hydrogen-bond acceptors (Lipinski definition) is 4. The van der Waals surface area contributed by atoms with E-state index < -0.39 is 5.60 Å². The number of likely N-dealkylation sites (tertiary alicyclic amines) is 1. The molecule has 0 aliphatic carbocycles. The van der Waals surface area contributed by atoms with Gasteiger partial charge in [0.2, 0.25) is 0 Å². The smallest absolute Gasteiger partial charge is 0.256 e. The van der Waals surface area contributed by atoms with E-state index in [1.165, 1.54) is 5.56 Å². The third-order valence-electron chi connectivity index (χ3n) is 4.67. The first kappa shape index (κ1) is 17.7. The SMILES string of the molecule is Cc1cccc(CN2CCC[C@](O)(CNCc3ccc(C)o3)C2=O)c1. The molecule has 0 bridgehead atoms. The number of carbonyl (C=O) groups is 1. The first-order valence-corrected chi connectivity index (χ1v) is 8.80. The van der Waals surface area contributed by atoms with Crippen molar-refractivity contribution in [2.75, 3.05) is 13.1 Å². The Morgan fingerprint density at radius 1 is 1.28 bits per heavy atom. The predicted octanol–water partition coefficient (Wildman–Crippen LogP) is 2.54. The molecule has 1 aliphatic heterocycles. The highest BCUT2D eigenvalue weighted by Crippen LogP contribution is 2.24. The molecule has 25 heavy (non-hydrogen) atoms. The van der Waals surface area contributed by atoms with E-state index in [2.05, 4.69) is 11.4 Å². The van der Waals surface area contributed by atoms with Crippen molar-refractivity contribution in [3.8, 4) is 0 Å². The Labute approximate surface area is 148 Å². The fourth-order valence-corrected chi connectivity index (χ4v) is 3.38. The van der Waals surface area contributed by atoms with Crippen LogP contribution >= 0.6 is 0 Å². The summed E-state index contributed by atoms with van der Waals surface area (Å²) in [5, 5.41) is 14.0. The zero-order chi connectivity index (χ0) is 17.9. The van der Waals surface area contributed by atoms with E-state index in [1.54, 1.807) is 4.90 Å². The van der Waals surface area contributed by atoms with Gasteiger partial charge in [-0.3, -0.25) is 4.79 Å². The number of benzene rings is 1. The molecule has 134 valence electrons. The van der Waals surface area contributed by atoms with Crippen LogP contribution in [0.2, 0.25) is 0 Å². The van der Waals surface area contributed by atoms with Crippen LogP contribution in [0.5, 0.6) is 0 Å². The molecule has 2 aromatic rings. The summed E-state index contributed by atoms with van der Waals surface area (Å²) in [6.07, 6.45) is 1.29. The van der Waals surface area contributed by atoms with Gasteiger partial charge in [0.1, 0.15) is 11.5 Å². The van der Waals surface area contributed by atoms with Crippen LogP contribution in [0.15, 0.2) is 40.8 Å². The van der Waals surface area contributed by atoms with Gasteiger partial charge in [-0.1, -0.05) is 29.8 Å². The lowest BCUT2D eigenvalue weighted by atomic mass is 9.91. The fourth-order valence-electron chi connectivity index (χ4n) is 3.38. The number of aryl methyl sites for hydroxylation is 2. The number of furan rings is 1. The third-order valence-corrected chi connectivity index (χ3v) is 4.67. The molecule has 5 nitrogen and oxygen atoms in total. The number of nitrogens with one attached hydrogen (secondary N) is 1. The highest BCUT2D eigenvalue weighted by molar-refractivity contribution is 5.86. The minimum atomic E-state index is -1.34. The molecule has 3 rings (SSSR count). The molecule has 2 N–H and O–H groups in total. The van der Waals surface area contributed by atoms with Crippen molar-refractivity contribution in [2.45, 2.75) is 45.4 Å². The van der Waals surface area contributed by atoms with E-state index in [4.69, 9.17) is 4.42 Å². The molecule has 2 heterocycles. The molecule has 0 radical (unpaired) electrons. The average Bonchev–Trinajstić information content (AvgIpc) is 2.98. The van der Waals surface area contributed by atoms with Crippen molar-refractivity contribution in [3.05, 3.63) is 59.0 Å². The molecule has 1 aromatic carbocycles. The molecule has 0 unspecified atom stereocenters. The Hall–Kier alpha value is -2.11. The molecule has 1 aliphatic rings. The van der Waals surface area contributed by atoms with Gasteiger partial charge < -0.3 is 19.7 Å². The summed E-state index contributed by atoms with van der Waals surface area (Å²) in [6.45, 7) is 5.90. The van der Waals surface area contributed by atoms with Gasteiger partial charge in [-0.25, -0.2) is 0 Å². The van der Waals surface area contributed by atoms with Gasteiger partial charge in [0, 0.05) is 19.6 Å². The molecule has 1 aromatic heterocycles. The third kappa shape index (κ3) is 4.30. The van der Waals surface area contributed by atoms with Crippen LogP contribution < -0.4 is 5.32 Å². The topological polar surface area (TPSA) is 65.7 Å². The second-order valence-corrected chi connectivity index (χ2v) is 6.97. The number of aliphatic hydroxyl groups is 1. The standard InChI is InChI=1S/C20H26N2O3/c1-15-5-3-6-17(11-15)13-22-10-4-9-20(24,19(22)23)14-21-12-18-8-7-16(2)25-18/h3,5-8,11,21,24H,4,9-10,12-14H2,1-2H3/t20-/m0/s1. The second-order valence-electron chi connectivity index (χ2n) is 6.97. The number of hydrogen-bond donors (Lipinski definition) is 2. The molecular weight excluding hydrogens is 316 g/mol. The maximum atomic E-state index is 12.8. The first-order valence-electron chi connectivity index (χ1n) is 8.80. The maximum Gasteiger partial charge on any atom is 0.256 e. The molecule has 1 atom stereocenters. The van der Waals surface area contributed by atoms with Crippen LogP contribution in [-0.4, -0.2) is 34.6 Å². The molecule has 1 fully saturated rings. The minimum Gasteiger partial charge on any atom is -0.465 e. The molecular formula is C20H26N2O3. The molecule has 5 heteroatoms. The Morgan fingerprint density at radius 2 is 2.12 bits per heavy atom. The summed E-state index contributed by atoms with van der Waals surface area (Å²) >= 11 is 0. The van der Waals surface area contributed by atoms with Crippen LogP contribution in [0.1, 0.15) is 35.5 Å². The second kappa shape index (κ2) is 7.42. The zero-order valence-corrected chi connectivity index (χ0v) is 14.9. The van der Waals surface area contributed by atoms with Gasteiger partial charge in [-0.05, 0) is 44.4 Å². The van der Waals surface area contributed by atoms with Gasteiger partial charge in [0.25, 0.3) is 5.91 Å². The Balaban J connectivity index is 1.59. The monoisotopic (exact) mass is 342 g/mol. The van der Waals surface area contributed by atoms with E-state index in [0.717, 1.165) is 23.5 Å². The van der Waals surface area contributed by atoms with Crippen LogP contribution in [0.4, 0.5) is 0 Å². The van der Waals surface area contributed by atoms with Crippen molar-refractivity contribution < 1.29 is 14.3 Å². The highest BCUT2D eigenvalue weighted by atomic mass is 16.3. The average molecular weight is 342 g/mol. The first-order chi connectivity index (χ1) is 12.0. The van der Waals surface area contributed by atoms with Crippen LogP contribution in [0, 0.1) is 13.8 Å². The fraction of sp³-hybridized carbons (Fsp3) is 0.450. The lowest BCUT2D eigenvalue weighted by molar-refractivity contribution is -0.157. The van der Waals surface area contributed by atoms with E-state index in [0.29, 0.717) is 26.1 Å². The van der Waals surface area contributed by atoms with E-state index in [-0.39, 0.29) is 12.5 Å². The summed E-state index contributed by atoms with van der Waals surface area (Å²) in [6, 6.07) is 11.9. The van der Waals surface area contributed by atoms with Crippen molar-refractivity contribution in [1.29, 1.82) is 0 Å². The summed E-state index contributed by atoms with van der Waals surface area (Å²) in [5.74, 6) is 1.47. The van der Waals surface area contributed by atoms with Crippen molar-refractivity contribution in [1.82, 2.24) is 10.2 Å². The minimum absolute atomic E-state index is 0.191. The van der Waals surface area contributed by atoms with Gasteiger partial charge in [-0.2, -0.15) is 0 Å². The lowest BCUT2D eigenvalue weighted by Crippen LogP contribution is -2.57. The van der Waals surface area contributed by atoms with Crippen molar-refractivity contribution >= 4 is 5.91 Å². The van der Waals surface area contributed by atoms with Gasteiger partial charge in [0.15, 0.2) is 5.60 Å². The van der Waals surface area contributed by atoms with E-state index in [9.17, 15) is 9.90 Å². The van der Waals surface area contributed by atoms with Gasteiger partial charge >= 0.3 is 0 Å². The Bertz CT molecular complexity index is 740. The number of nitrogens with zero attached hydrogens (tertiary/aromatic N) is 1. The van der Waals surface area contributed by atoms with Crippen LogP contribution in [0.25, 0.3) is 0 Å². The number of rotatable bonds is 6. The highest BCUT2D eigenvalue weighted by Gasteiger charge is 2.41. The van der Waals surface area contributed by atoms with Crippen molar-refractivity contribution in [3.63, 3.8) is 0 Å². The largest absolute Gasteiger partial charge is 0.465 e. The van der Waals surface area contributed by atoms with E-state index >= 15 is 0 Å². The molecule has 0 saturated carbocycles. The van der Waals surface area contributed by atoms with Crippen LogP contribution in [0.3, 0.4) is 0 Å². The summed E-state index contributed by atoms with van der Waals surface area (Å²) in [7, 11) is 0. The van der Waals surface area contributed by atoms with Crippen LogP contribution in [-0.2, 0) is 17.9 Å². The number of carbonyl (C=O) groups excluding carboxylic acids is 1. The summed E-state index contributed by atoms with van der Waals surface area (Å²) in [5.41, 5.74) is 0.924. The summed E-state index contributed by atoms with van der Waals surface area (Å²) < 4.78 is 5.50. The molecule has 1 saturated heterocycles. The Morgan fingerprint density at radius 3 is 2.84 bits per heavy atom. The number of piperidine rings is 1. The lowest BCUT2D eigenvalue weighted by Gasteiger charge is -2.38. The summed E-state index contributed by atoms with van der Waals surface area (Å²) in [4.78, 5) is 14.6.